The average Bonchev–Trinajstić information content (AvgIpc) is 2.26. The highest BCUT2D eigenvalue weighted by Gasteiger charge is 1.99. The summed E-state index contributed by atoms with van der Waals surface area (Å²) < 4.78 is 17.9. The van der Waals surface area contributed by atoms with Gasteiger partial charge in [0, 0.05) is 6.54 Å². The maximum absolute atomic E-state index is 12.7. The van der Waals surface area contributed by atoms with Crippen LogP contribution in [0.25, 0.3) is 0 Å². The number of rotatable bonds is 4. The molecular formula is C11H15ClFNO. The largest absolute Gasteiger partial charge is 0.496 e. The number of hydrogen-bond donors (Lipinski definition) is 1. The van der Waals surface area contributed by atoms with E-state index in [4.69, 9.17) is 10.5 Å². The van der Waals surface area contributed by atoms with Crippen LogP contribution in [0.3, 0.4) is 0 Å². The number of ether oxygens (including phenoxy) is 1. The summed E-state index contributed by atoms with van der Waals surface area (Å²) in [6, 6.07) is 7.53. The number of para-hydroxylation sites is 1. The highest BCUT2D eigenvalue weighted by molar-refractivity contribution is 5.85. The van der Waals surface area contributed by atoms with Gasteiger partial charge < -0.3 is 10.5 Å². The van der Waals surface area contributed by atoms with Crippen molar-refractivity contribution in [2.75, 3.05) is 13.7 Å². The zero-order chi connectivity index (χ0) is 10.4. The van der Waals surface area contributed by atoms with Gasteiger partial charge in [0.05, 0.1) is 7.11 Å². The van der Waals surface area contributed by atoms with Crippen molar-refractivity contribution in [3.8, 4) is 5.75 Å². The van der Waals surface area contributed by atoms with Gasteiger partial charge in [-0.05, 0) is 24.1 Å². The molecule has 15 heavy (non-hydrogen) atoms. The van der Waals surface area contributed by atoms with Crippen molar-refractivity contribution in [2.24, 2.45) is 5.73 Å². The molecule has 0 bridgehead atoms. The second kappa shape index (κ2) is 7.26. The number of hydrogen-bond acceptors (Lipinski definition) is 2. The molecule has 0 aromatic heterocycles. The van der Waals surface area contributed by atoms with E-state index in [9.17, 15) is 4.39 Å². The van der Waals surface area contributed by atoms with Crippen LogP contribution in [0.15, 0.2) is 36.2 Å². The highest BCUT2D eigenvalue weighted by atomic mass is 35.5. The Hall–Kier alpha value is -1.06. The molecule has 0 saturated heterocycles. The molecule has 2 nitrogen and oxygen atoms in total. The summed E-state index contributed by atoms with van der Waals surface area (Å²) >= 11 is 0. The second-order valence-corrected chi connectivity index (χ2v) is 2.87. The molecular weight excluding hydrogens is 217 g/mol. The third-order valence-corrected chi connectivity index (χ3v) is 1.93. The van der Waals surface area contributed by atoms with E-state index in [1.807, 2.05) is 24.3 Å². The summed E-state index contributed by atoms with van der Waals surface area (Å²) in [5.74, 6) is 0.476. The van der Waals surface area contributed by atoms with Crippen molar-refractivity contribution >= 4 is 12.4 Å². The van der Waals surface area contributed by atoms with Crippen LogP contribution in [0, 0.1) is 0 Å². The number of benzene rings is 1. The lowest BCUT2D eigenvalue weighted by molar-refractivity contribution is 0.410. The van der Waals surface area contributed by atoms with Crippen molar-refractivity contribution in [1.82, 2.24) is 0 Å². The Labute approximate surface area is 95.3 Å². The Morgan fingerprint density at radius 3 is 2.73 bits per heavy atom. The first-order chi connectivity index (χ1) is 6.77. The van der Waals surface area contributed by atoms with Gasteiger partial charge in [-0.2, -0.15) is 0 Å². The molecule has 4 heteroatoms. The van der Waals surface area contributed by atoms with Gasteiger partial charge in [0.1, 0.15) is 11.6 Å². The fourth-order valence-corrected chi connectivity index (χ4v) is 1.18. The van der Waals surface area contributed by atoms with Crippen LogP contribution < -0.4 is 10.5 Å². The van der Waals surface area contributed by atoms with Gasteiger partial charge in [-0.25, -0.2) is 4.39 Å². The summed E-state index contributed by atoms with van der Waals surface area (Å²) in [6.45, 7) is -0.0465. The van der Waals surface area contributed by atoms with E-state index in [1.54, 1.807) is 7.11 Å². The van der Waals surface area contributed by atoms with E-state index in [0.717, 1.165) is 11.3 Å². The van der Waals surface area contributed by atoms with Crippen LogP contribution in [-0.2, 0) is 6.42 Å². The maximum atomic E-state index is 12.7. The molecule has 0 amide bonds. The molecule has 0 aliphatic heterocycles. The molecule has 1 aromatic carbocycles. The summed E-state index contributed by atoms with van der Waals surface area (Å²) in [6.07, 6.45) is 1.98. The molecule has 0 atom stereocenters. The van der Waals surface area contributed by atoms with E-state index in [-0.39, 0.29) is 24.8 Å². The lowest BCUT2D eigenvalue weighted by Gasteiger charge is -2.05. The molecule has 0 fully saturated rings. The molecule has 0 saturated carbocycles. The zero-order valence-electron chi connectivity index (χ0n) is 8.57. The van der Waals surface area contributed by atoms with Gasteiger partial charge in [-0.3, -0.25) is 0 Å². The molecule has 0 unspecified atom stereocenters. The third-order valence-electron chi connectivity index (χ3n) is 1.93. The molecule has 84 valence electrons. The Morgan fingerprint density at radius 1 is 1.47 bits per heavy atom. The van der Waals surface area contributed by atoms with Crippen LogP contribution >= 0.6 is 12.4 Å². The van der Waals surface area contributed by atoms with E-state index >= 15 is 0 Å². The Morgan fingerprint density at radius 2 is 2.13 bits per heavy atom. The van der Waals surface area contributed by atoms with Gasteiger partial charge >= 0.3 is 0 Å². The molecule has 0 radical (unpaired) electrons. The van der Waals surface area contributed by atoms with Gasteiger partial charge in [-0.15, -0.1) is 12.4 Å². The van der Waals surface area contributed by atoms with Gasteiger partial charge in [0.15, 0.2) is 0 Å². The standard InChI is InChI=1S/C11H14FNO.ClH/c1-14-11-5-3-2-4-9(11)6-7-10(12)8-13;/h2-5,7H,6,8,13H2,1H3;1H/b10-7-;. The predicted octanol–water partition coefficient (Wildman–Crippen LogP) is 2.47. The van der Waals surface area contributed by atoms with Gasteiger partial charge in [-0.1, -0.05) is 18.2 Å². The summed E-state index contributed by atoms with van der Waals surface area (Å²) in [5, 5.41) is 0. The third kappa shape index (κ3) is 4.32. The van der Waals surface area contributed by atoms with Crippen molar-refractivity contribution in [2.45, 2.75) is 6.42 Å². The smallest absolute Gasteiger partial charge is 0.122 e. The Kier molecular flexibility index (Phi) is 6.75. The first-order valence-electron chi connectivity index (χ1n) is 4.44. The zero-order valence-corrected chi connectivity index (χ0v) is 9.39. The van der Waals surface area contributed by atoms with Crippen LogP contribution in [0.4, 0.5) is 4.39 Å². The first-order valence-corrected chi connectivity index (χ1v) is 4.44. The molecule has 0 aliphatic carbocycles. The molecule has 2 N–H and O–H groups in total. The number of halogens is 2. The van der Waals surface area contributed by atoms with Crippen LogP contribution in [0.1, 0.15) is 5.56 Å². The molecule has 0 spiro atoms. The number of allylic oxidation sites excluding steroid dienone is 1. The Balaban J connectivity index is 0.00000196. The Bertz CT molecular complexity index is 328. The summed E-state index contributed by atoms with van der Waals surface area (Å²) in [4.78, 5) is 0. The van der Waals surface area contributed by atoms with Crippen LogP contribution in [0.5, 0.6) is 5.75 Å². The van der Waals surface area contributed by atoms with Crippen molar-refractivity contribution < 1.29 is 9.13 Å². The first kappa shape index (κ1) is 13.9. The minimum Gasteiger partial charge on any atom is -0.496 e. The minimum absolute atomic E-state index is 0. The fraction of sp³-hybridized carbons (Fsp3) is 0.273. The molecule has 1 rings (SSSR count). The van der Waals surface area contributed by atoms with Crippen molar-refractivity contribution in [3.05, 3.63) is 41.7 Å². The van der Waals surface area contributed by atoms with Gasteiger partial charge in [0.25, 0.3) is 0 Å². The monoisotopic (exact) mass is 231 g/mol. The van der Waals surface area contributed by atoms with Crippen LogP contribution in [-0.4, -0.2) is 13.7 Å². The average molecular weight is 232 g/mol. The molecule has 0 aliphatic rings. The quantitative estimate of drug-likeness (QED) is 0.864. The van der Waals surface area contributed by atoms with Crippen LogP contribution in [0.2, 0.25) is 0 Å². The van der Waals surface area contributed by atoms with E-state index in [1.165, 1.54) is 6.08 Å². The second-order valence-electron chi connectivity index (χ2n) is 2.87. The van der Waals surface area contributed by atoms with E-state index in [2.05, 4.69) is 0 Å². The van der Waals surface area contributed by atoms with E-state index in [0.29, 0.717) is 6.42 Å². The molecule has 1 aromatic rings. The lowest BCUT2D eigenvalue weighted by atomic mass is 10.1. The normalized spacial score (nSPS) is 10.7. The lowest BCUT2D eigenvalue weighted by Crippen LogP contribution is -1.99. The van der Waals surface area contributed by atoms with Crippen molar-refractivity contribution in [1.29, 1.82) is 0 Å². The van der Waals surface area contributed by atoms with Gasteiger partial charge in [0.2, 0.25) is 0 Å². The highest BCUT2D eigenvalue weighted by Crippen LogP contribution is 2.18. The summed E-state index contributed by atoms with van der Waals surface area (Å²) in [5.41, 5.74) is 6.09. The molecule has 0 heterocycles. The van der Waals surface area contributed by atoms with Crippen molar-refractivity contribution in [3.63, 3.8) is 0 Å². The maximum Gasteiger partial charge on any atom is 0.122 e. The number of nitrogens with two attached hydrogens (primary N) is 1. The number of methoxy groups -OCH3 is 1. The predicted molar refractivity (Wildman–Crippen MR) is 62.2 cm³/mol. The SMILES string of the molecule is COc1ccccc1C/C=C(\F)CN.Cl. The fourth-order valence-electron chi connectivity index (χ4n) is 1.18. The minimum atomic E-state index is -0.295. The topological polar surface area (TPSA) is 35.2 Å². The summed E-state index contributed by atoms with van der Waals surface area (Å²) in [7, 11) is 1.60. The van der Waals surface area contributed by atoms with E-state index < -0.39 is 0 Å².